The lowest BCUT2D eigenvalue weighted by Crippen LogP contribution is -2.27. The highest BCUT2D eigenvalue weighted by molar-refractivity contribution is 8.27. The summed E-state index contributed by atoms with van der Waals surface area (Å²) in [7, 11) is 0. The lowest BCUT2D eigenvalue weighted by Gasteiger charge is -2.13. The van der Waals surface area contributed by atoms with Crippen LogP contribution in [0.2, 0.25) is 10.0 Å². The van der Waals surface area contributed by atoms with Gasteiger partial charge in [-0.05, 0) is 47.5 Å². The Labute approximate surface area is 248 Å². The van der Waals surface area contributed by atoms with Crippen LogP contribution in [-0.2, 0) is 16.0 Å². The van der Waals surface area contributed by atoms with Crippen LogP contribution in [0.3, 0.4) is 0 Å². The van der Waals surface area contributed by atoms with E-state index in [1.807, 2.05) is 54.6 Å². The van der Waals surface area contributed by atoms with E-state index in [9.17, 15) is 9.59 Å². The molecule has 1 aliphatic rings. The average Bonchev–Trinajstić information content (AvgIpc) is 3.49. The highest BCUT2D eigenvalue weighted by atomic mass is 35.5. The van der Waals surface area contributed by atoms with E-state index < -0.39 is 0 Å². The summed E-state index contributed by atoms with van der Waals surface area (Å²) in [5, 5.41) is 4.23. The number of hydrogen-bond donors (Lipinski definition) is 1. The molecule has 0 saturated carbocycles. The maximum Gasteiger partial charge on any atom is 0.270 e. The second-order valence-electron chi connectivity index (χ2n) is 8.28. The topological polar surface area (TPSA) is 71.5 Å². The first-order valence-electron chi connectivity index (χ1n) is 11.6. The third-order valence-corrected chi connectivity index (χ3v) is 8.63. The Kier molecular flexibility index (Phi) is 8.64. The van der Waals surface area contributed by atoms with Gasteiger partial charge in [-0.2, -0.15) is 0 Å². The lowest BCUT2D eigenvalue weighted by molar-refractivity contribution is -0.118. The Hall–Kier alpha value is -3.21. The van der Waals surface area contributed by atoms with Crippen molar-refractivity contribution in [2.45, 2.75) is 6.42 Å². The van der Waals surface area contributed by atoms with Crippen LogP contribution >= 0.6 is 58.5 Å². The summed E-state index contributed by atoms with van der Waals surface area (Å²) < 4.78 is 6.11. The molecular formula is C28H19Cl2N3O3S3. The molecule has 39 heavy (non-hydrogen) atoms. The van der Waals surface area contributed by atoms with E-state index in [-0.39, 0.29) is 18.4 Å². The number of carbonyl (C=O) groups excluding carboxylic acids is 2. The zero-order valence-electron chi connectivity index (χ0n) is 20.1. The predicted octanol–water partition coefficient (Wildman–Crippen LogP) is 7.46. The van der Waals surface area contributed by atoms with E-state index >= 15 is 0 Å². The number of rotatable bonds is 8. The Morgan fingerprint density at radius 1 is 1.05 bits per heavy atom. The molecule has 11 heteroatoms. The summed E-state index contributed by atoms with van der Waals surface area (Å²) >= 11 is 20.4. The van der Waals surface area contributed by atoms with E-state index in [4.69, 9.17) is 40.2 Å². The normalized spacial score (nSPS) is 14.2. The predicted molar refractivity (Wildman–Crippen MR) is 164 cm³/mol. The standard InChI is InChI=1S/C28H19Cl2N3O3S3/c29-22-8-4-5-18(25(22)30)14-21-15-31-27(38-21)32-24(34)16-36-20-11-9-17(10-12-20)13-23-26(35)33(28(37)39-23)19-6-2-1-3-7-19/h1-13,15H,14,16H2,(H,31,32,34)/b23-13-. The molecule has 0 bridgehead atoms. The Bertz CT molecular complexity index is 1570. The molecule has 2 amide bonds. The van der Waals surface area contributed by atoms with E-state index in [1.54, 1.807) is 30.5 Å². The summed E-state index contributed by atoms with van der Waals surface area (Å²) in [4.78, 5) is 32.6. The molecule has 0 radical (unpaired) electrons. The van der Waals surface area contributed by atoms with E-state index in [1.165, 1.54) is 28.0 Å². The van der Waals surface area contributed by atoms with Crippen LogP contribution in [0.4, 0.5) is 10.8 Å². The molecule has 0 atom stereocenters. The average molecular weight is 613 g/mol. The van der Waals surface area contributed by atoms with Gasteiger partial charge in [-0.1, -0.05) is 89.6 Å². The molecule has 0 spiro atoms. The zero-order chi connectivity index (χ0) is 27.4. The van der Waals surface area contributed by atoms with Gasteiger partial charge in [-0.15, -0.1) is 11.3 Å². The number of amides is 2. The SMILES string of the molecule is O=C(COc1ccc(/C=C2\SC(=S)N(c3ccccc3)C2=O)cc1)Nc1ncc(Cc2cccc(Cl)c2Cl)s1. The number of nitrogens with zero attached hydrogens (tertiary/aromatic N) is 2. The van der Waals surface area contributed by atoms with Crippen molar-refractivity contribution in [3.63, 3.8) is 0 Å². The number of benzene rings is 3. The fourth-order valence-corrected chi connectivity index (χ4v) is 6.24. The van der Waals surface area contributed by atoms with Gasteiger partial charge in [-0.25, -0.2) is 4.98 Å². The highest BCUT2D eigenvalue weighted by Crippen LogP contribution is 2.36. The molecule has 0 unspecified atom stereocenters. The molecule has 2 heterocycles. The summed E-state index contributed by atoms with van der Waals surface area (Å²) in [5.74, 6) is 0.0362. The van der Waals surface area contributed by atoms with Gasteiger partial charge in [0.1, 0.15) is 5.75 Å². The Morgan fingerprint density at radius 2 is 1.82 bits per heavy atom. The summed E-state index contributed by atoms with van der Waals surface area (Å²) in [6, 6.07) is 21.9. The first-order valence-corrected chi connectivity index (χ1v) is 14.4. The maximum atomic E-state index is 12.9. The van der Waals surface area contributed by atoms with Gasteiger partial charge in [0, 0.05) is 17.5 Å². The Morgan fingerprint density at radius 3 is 2.59 bits per heavy atom. The number of thioether (sulfide) groups is 1. The van der Waals surface area contributed by atoms with Crippen molar-refractivity contribution < 1.29 is 14.3 Å². The third kappa shape index (κ3) is 6.69. The quantitative estimate of drug-likeness (QED) is 0.165. The van der Waals surface area contributed by atoms with Crippen LogP contribution in [0.25, 0.3) is 6.08 Å². The lowest BCUT2D eigenvalue weighted by atomic mass is 10.1. The van der Waals surface area contributed by atoms with Crippen LogP contribution in [0, 0.1) is 0 Å². The van der Waals surface area contributed by atoms with Crippen LogP contribution < -0.4 is 15.0 Å². The van der Waals surface area contributed by atoms with Crippen LogP contribution in [0.1, 0.15) is 16.0 Å². The summed E-state index contributed by atoms with van der Waals surface area (Å²) in [6.45, 7) is -0.176. The van der Waals surface area contributed by atoms with Crippen molar-refractivity contribution >= 4 is 91.5 Å². The van der Waals surface area contributed by atoms with Crippen molar-refractivity contribution in [2.75, 3.05) is 16.8 Å². The fraction of sp³-hybridized carbons (Fsp3) is 0.0714. The van der Waals surface area contributed by atoms with E-state index in [0.717, 1.165) is 21.7 Å². The number of carbonyl (C=O) groups is 2. The van der Waals surface area contributed by atoms with Crippen LogP contribution in [0.5, 0.6) is 5.75 Å². The number of nitrogens with one attached hydrogen (secondary N) is 1. The largest absolute Gasteiger partial charge is 0.484 e. The minimum atomic E-state index is -0.328. The fourth-order valence-electron chi connectivity index (χ4n) is 3.70. The molecule has 3 aromatic carbocycles. The van der Waals surface area contributed by atoms with Gasteiger partial charge in [0.25, 0.3) is 11.8 Å². The second kappa shape index (κ2) is 12.3. The number of para-hydroxylation sites is 1. The number of thiocarbonyl (C=S) groups is 1. The van der Waals surface area contributed by atoms with Crippen molar-refractivity contribution in [1.29, 1.82) is 0 Å². The van der Waals surface area contributed by atoms with Gasteiger partial charge in [0.2, 0.25) is 0 Å². The summed E-state index contributed by atoms with van der Waals surface area (Å²) in [5.41, 5.74) is 2.45. The highest BCUT2D eigenvalue weighted by Gasteiger charge is 2.33. The molecule has 1 aliphatic heterocycles. The van der Waals surface area contributed by atoms with Crippen molar-refractivity contribution in [1.82, 2.24) is 4.98 Å². The smallest absolute Gasteiger partial charge is 0.270 e. The Balaban J connectivity index is 1.14. The minimum absolute atomic E-state index is 0.158. The monoisotopic (exact) mass is 611 g/mol. The maximum absolute atomic E-state index is 12.9. The second-order valence-corrected chi connectivity index (χ2v) is 11.9. The van der Waals surface area contributed by atoms with Gasteiger partial charge < -0.3 is 4.74 Å². The molecule has 0 aliphatic carbocycles. The number of thiazole rings is 1. The number of ether oxygens (including phenoxy) is 1. The van der Waals surface area contributed by atoms with Crippen LogP contribution in [0.15, 0.2) is 83.9 Å². The van der Waals surface area contributed by atoms with Crippen LogP contribution in [-0.4, -0.2) is 27.7 Å². The first-order chi connectivity index (χ1) is 18.9. The third-order valence-electron chi connectivity index (χ3n) is 5.55. The number of halogens is 2. The van der Waals surface area contributed by atoms with E-state index in [2.05, 4.69) is 10.3 Å². The zero-order valence-corrected chi connectivity index (χ0v) is 24.1. The van der Waals surface area contributed by atoms with Crippen molar-refractivity contribution in [3.05, 3.63) is 110 Å². The summed E-state index contributed by atoms with van der Waals surface area (Å²) in [6.07, 6.45) is 4.05. The minimum Gasteiger partial charge on any atom is -0.484 e. The molecule has 4 aromatic rings. The molecule has 1 aromatic heterocycles. The van der Waals surface area contributed by atoms with Gasteiger partial charge in [0.15, 0.2) is 16.1 Å². The van der Waals surface area contributed by atoms with E-state index in [0.29, 0.717) is 36.6 Å². The number of hydrogen-bond acceptors (Lipinski definition) is 7. The first kappa shape index (κ1) is 27.4. The molecular weight excluding hydrogens is 593 g/mol. The number of anilines is 2. The molecule has 6 nitrogen and oxygen atoms in total. The number of aromatic nitrogens is 1. The molecule has 5 rings (SSSR count). The molecule has 1 N–H and O–H groups in total. The van der Waals surface area contributed by atoms with Crippen molar-refractivity contribution in [3.8, 4) is 5.75 Å². The van der Waals surface area contributed by atoms with Crippen molar-refractivity contribution in [2.24, 2.45) is 0 Å². The molecule has 1 fully saturated rings. The molecule has 1 saturated heterocycles. The van der Waals surface area contributed by atoms with Gasteiger partial charge in [-0.3, -0.25) is 19.8 Å². The van der Waals surface area contributed by atoms with Gasteiger partial charge >= 0.3 is 0 Å². The molecule has 196 valence electrons. The van der Waals surface area contributed by atoms with Gasteiger partial charge in [0.05, 0.1) is 20.6 Å².